The van der Waals surface area contributed by atoms with Gasteiger partial charge in [0.25, 0.3) is 0 Å². The molecule has 24 heavy (non-hydrogen) atoms. The van der Waals surface area contributed by atoms with Gasteiger partial charge in [0.05, 0.1) is 12.2 Å². The summed E-state index contributed by atoms with van der Waals surface area (Å²) >= 11 is 0. The second kappa shape index (κ2) is 12.7. The number of hydrogen-bond donors (Lipinski definition) is 3. The normalized spacial score (nSPS) is 25.0. The highest BCUT2D eigenvalue weighted by molar-refractivity contribution is 5.71. The first-order chi connectivity index (χ1) is 11.6. The van der Waals surface area contributed by atoms with E-state index in [-0.39, 0.29) is 18.1 Å². The first-order valence-corrected chi connectivity index (χ1v) is 9.76. The van der Waals surface area contributed by atoms with Crippen LogP contribution in [-0.4, -0.2) is 46.2 Å². The van der Waals surface area contributed by atoms with Crippen molar-refractivity contribution < 1.29 is 24.9 Å². The third-order valence-electron chi connectivity index (χ3n) is 5.10. The summed E-state index contributed by atoms with van der Waals surface area (Å²) < 4.78 is 6.02. The first-order valence-electron chi connectivity index (χ1n) is 9.76. The monoisotopic (exact) mass is 344 g/mol. The van der Waals surface area contributed by atoms with Gasteiger partial charge in [0.15, 0.2) is 6.10 Å². The number of unbranched alkanes of at least 4 members (excludes halogenated alkanes) is 6. The van der Waals surface area contributed by atoms with Crippen LogP contribution in [0.3, 0.4) is 0 Å². The lowest BCUT2D eigenvalue weighted by atomic mass is 9.95. The van der Waals surface area contributed by atoms with Crippen molar-refractivity contribution in [2.24, 2.45) is 5.92 Å². The number of hydrogen-bond acceptors (Lipinski definition) is 4. The van der Waals surface area contributed by atoms with Crippen molar-refractivity contribution in [3.63, 3.8) is 0 Å². The lowest BCUT2D eigenvalue weighted by Gasteiger charge is -2.22. The van der Waals surface area contributed by atoms with E-state index in [9.17, 15) is 15.0 Å². The Labute approximate surface area is 146 Å². The van der Waals surface area contributed by atoms with E-state index in [1.807, 2.05) is 0 Å². The number of aliphatic carboxylic acids is 1. The summed E-state index contributed by atoms with van der Waals surface area (Å²) in [6.45, 7) is 3.01. The van der Waals surface area contributed by atoms with Crippen LogP contribution in [0.1, 0.15) is 84.0 Å². The highest BCUT2D eigenvalue weighted by Gasteiger charge is 2.34. The smallest absolute Gasteiger partial charge is 0.332 e. The number of aliphatic hydroxyl groups excluding tert-OH is 2. The quantitative estimate of drug-likeness (QED) is 0.420. The van der Waals surface area contributed by atoms with Gasteiger partial charge in [-0.1, -0.05) is 51.9 Å². The molecule has 0 bridgehead atoms. The number of carbonyl (C=O) groups is 1. The van der Waals surface area contributed by atoms with Crippen LogP contribution in [0.5, 0.6) is 0 Å². The molecule has 0 amide bonds. The summed E-state index contributed by atoms with van der Waals surface area (Å²) in [5, 5.41) is 28.0. The molecule has 0 aromatic carbocycles. The maximum Gasteiger partial charge on any atom is 0.332 e. The van der Waals surface area contributed by atoms with E-state index in [0.29, 0.717) is 12.8 Å². The van der Waals surface area contributed by atoms with Crippen LogP contribution >= 0.6 is 0 Å². The van der Waals surface area contributed by atoms with E-state index in [1.54, 1.807) is 0 Å². The predicted molar refractivity (Wildman–Crippen MR) is 94.0 cm³/mol. The molecular weight excluding hydrogens is 308 g/mol. The molecule has 4 atom stereocenters. The summed E-state index contributed by atoms with van der Waals surface area (Å²) in [4.78, 5) is 10.5. The van der Waals surface area contributed by atoms with Crippen LogP contribution in [0.4, 0.5) is 0 Å². The Hall–Kier alpha value is -0.650. The van der Waals surface area contributed by atoms with E-state index >= 15 is 0 Å². The molecule has 0 aromatic rings. The van der Waals surface area contributed by atoms with Crippen LogP contribution in [-0.2, 0) is 9.53 Å². The van der Waals surface area contributed by atoms with Gasteiger partial charge in [0.2, 0.25) is 0 Å². The third-order valence-corrected chi connectivity index (χ3v) is 5.10. The molecule has 3 N–H and O–H groups in total. The minimum Gasteiger partial charge on any atom is -0.479 e. The van der Waals surface area contributed by atoms with Crippen molar-refractivity contribution in [1.29, 1.82) is 0 Å². The van der Waals surface area contributed by atoms with Crippen molar-refractivity contribution in [2.75, 3.05) is 6.61 Å². The first kappa shape index (κ1) is 21.4. The molecule has 0 aromatic heterocycles. The summed E-state index contributed by atoms with van der Waals surface area (Å²) in [7, 11) is 0. The number of ether oxygens (including phenoxy) is 1. The Kier molecular flexibility index (Phi) is 11.3. The lowest BCUT2D eigenvalue weighted by Crippen LogP contribution is -2.25. The molecule has 0 unspecified atom stereocenters. The minimum atomic E-state index is -1.24. The van der Waals surface area contributed by atoms with Gasteiger partial charge in [-0.25, -0.2) is 4.79 Å². The number of carboxylic acid groups (broad SMARTS) is 1. The SMILES string of the molecule is CCCCCCCO[C@H]1CC[C@H](O)[C@@H]1CCCCC[C@@H](O)C(=O)O. The van der Waals surface area contributed by atoms with Crippen molar-refractivity contribution in [2.45, 2.75) is 102 Å². The summed E-state index contributed by atoms with van der Waals surface area (Å²) in [5.41, 5.74) is 0. The average molecular weight is 344 g/mol. The van der Waals surface area contributed by atoms with E-state index in [2.05, 4.69) is 6.92 Å². The maximum absolute atomic E-state index is 10.5. The fourth-order valence-electron chi connectivity index (χ4n) is 3.55. The van der Waals surface area contributed by atoms with Crippen LogP contribution < -0.4 is 0 Å². The van der Waals surface area contributed by atoms with Crippen molar-refractivity contribution in [1.82, 2.24) is 0 Å². The second-order valence-corrected chi connectivity index (χ2v) is 7.12. The van der Waals surface area contributed by atoms with Gasteiger partial charge in [-0.15, -0.1) is 0 Å². The van der Waals surface area contributed by atoms with Crippen molar-refractivity contribution >= 4 is 5.97 Å². The zero-order valence-electron chi connectivity index (χ0n) is 15.2. The zero-order valence-corrected chi connectivity index (χ0v) is 15.2. The molecule has 1 saturated carbocycles. The third kappa shape index (κ3) is 8.45. The van der Waals surface area contributed by atoms with Gasteiger partial charge >= 0.3 is 5.97 Å². The van der Waals surface area contributed by atoms with Gasteiger partial charge in [0, 0.05) is 12.5 Å². The molecule has 1 aliphatic carbocycles. The van der Waals surface area contributed by atoms with E-state index in [0.717, 1.165) is 45.1 Å². The van der Waals surface area contributed by atoms with Crippen molar-refractivity contribution in [3.05, 3.63) is 0 Å². The van der Waals surface area contributed by atoms with Crippen LogP contribution in [0.2, 0.25) is 0 Å². The fraction of sp³-hybridized carbons (Fsp3) is 0.947. The van der Waals surface area contributed by atoms with E-state index in [1.165, 1.54) is 25.7 Å². The number of aliphatic hydroxyl groups is 2. The highest BCUT2D eigenvalue weighted by Crippen LogP contribution is 2.33. The van der Waals surface area contributed by atoms with Crippen LogP contribution in [0, 0.1) is 5.92 Å². The summed E-state index contributed by atoms with van der Waals surface area (Å²) in [6, 6.07) is 0. The van der Waals surface area contributed by atoms with Crippen molar-refractivity contribution in [3.8, 4) is 0 Å². The maximum atomic E-state index is 10.5. The Balaban J connectivity index is 2.13. The predicted octanol–water partition coefficient (Wildman–Crippen LogP) is 3.51. The van der Waals surface area contributed by atoms with Gasteiger partial charge in [0.1, 0.15) is 0 Å². The fourth-order valence-corrected chi connectivity index (χ4v) is 3.55. The summed E-state index contributed by atoms with van der Waals surface area (Å²) in [5.74, 6) is -0.932. The van der Waals surface area contributed by atoms with E-state index in [4.69, 9.17) is 9.84 Å². The van der Waals surface area contributed by atoms with Crippen LogP contribution in [0.25, 0.3) is 0 Å². The Bertz CT molecular complexity index is 334. The van der Waals surface area contributed by atoms with Gasteiger partial charge in [-0.2, -0.15) is 0 Å². The molecule has 142 valence electrons. The number of carboxylic acids is 1. The second-order valence-electron chi connectivity index (χ2n) is 7.12. The molecule has 1 rings (SSSR count). The molecule has 0 radical (unpaired) electrons. The lowest BCUT2D eigenvalue weighted by molar-refractivity contribution is -0.146. The molecule has 0 heterocycles. The molecule has 0 spiro atoms. The molecule has 1 fully saturated rings. The number of rotatable bonds is 14. The molecule has 0 aliphatic heterocycles. The average Bonchev–Trinajstić information content (AvgIpc) is 2.90. The zero-order chi connectivity index (χ0) is 17.8. The Morgan fingerprint density at radius 3 is 2.50 bits per heavy atom. The molecular formula is C19H36O5. The molecule has 1 aliphatic rings. The van der Waals surface area contributed by atoms with Gasteiger partial charge in [-0.3, -0.25) is 0 Å². The Morgan fingerprint density at radius 2 is 1.79 bits per heavy atom. The highest BCUT2D eigenvalue weighted by atomic mass is 16.5. The largest absolute Gasteiger partial charge is 0.479 e. The van der Waals surface area contributed by atoms with Gasteiger partial charge < -0.3 is 20.1 Å². The molecule has 5 heteroatoms. The minimum absolute atomic E-state index is 0.177. The molecule has 0 saturated heterocycles. The van der Waals surface area contributed by atoms with Crippen LogP contribution in [0.15, 0.2) is 0 Å². The standard InChI is InChI=1S/C19H36O5/c1-2-3-4-5-9-14-24-18-13-12-16(20)15(18)10-7-6-8-11-17(21)19(22)23/h15-18,20-21H,2-14H2,1H3,(H,22,23)/t15-,16-,17+,18-/m0/s1. The van der Waals surface area contributed by atoms with Gasteiger partial charge in [-0.05, 0) is 32.1 Å². The summed E-state index contributed by atoms with van der Waals surface area (Å²) in [6.07, 6.45) is 10.3. The molecule has 5 nitrogen and oxygen atoms in total. The van der Waals surface area contributed by atoms with E-state index < -0.39 is 12.1 Å². The Morgan fingerprint density at radius 1 is 1.08 bits per heavy atom. The topological polar surface area (TPSA) is 87.0 Å².